The summed E-state index contributed by atoms with van der Waals surface area (Å²) in [6, 6.07) is 7.87. The smallest absolute Gasteiger partial charge is 0.233 e. The number of thioether (sulfide) groups is 1. The first-order valence-electron chi connectivity index (χ1n) is 7.16. The van der Waals surface area contributed by atoms with Crippen molar-refractivity contribution in [3.8, 4) is 11.4 Å². The quantitative estimate of drug-likeness (QED) is 0.832. The fraction of sp³-hybridized carbons (Fsp3) is 0.375. The van der Waals surface area contributed by atoms with E-state index in [4.69, 9.17) is 4.74 Å². The second-order valence-electron chi connectivity index (χ2n) is 5.20. The SMILES string of the molecule is COc1cccc(-n2ccnc2SC(C)C(=O)NC(C)C)c1. The summed E-state index contributed by atoms with van der Waals surface area (Å²) in [5, 5.41) is 3.48. The molecule has 2 aromatic rings. The Morgan fingerprint density at radius 3 is 2.82 bits per heavy atom. The third-order valence-corrected chi connectivity index (χ3v) is 4.10. The van der Waals surface area contributed by atoms with Gasteiger partial charge in [0.25, 0.3) is 0 Å². The molecule has 6 heteroatoms. The maximum Gasteiger partial charge on any atom is 0.233 e. The molecular weight excluding hydrogens is 298 g/mol. The van der Waals surface area contributed by atoms with Gasteiger partial charge in [-0.15, -0.1) is 0 Å². The van der Waals surface area contributed by atoms with Crippen LogP contribution in [0.4, 0.5) is 0 Å². The maximum atomic E-state index is 12.0. The van der Waals surface area contributed by atoms with Crippen molar-refractivity contribution in [2.45, 2.75) is 37.2 Å². The van der Waals surface area contributed by atoms with Crippen LogP contribution in [-0.4, -0.2) is 33.9 Å². The van der Waals surface area contributed by atoms with Gasteiger partial charge >= 0.3 is 0 Å². The molecule has 1 heterocycles. The normalized spacial score (nSPS) is 12.2. The molecule has 22 heavy (non-hydrogen) atoms. The predicted molar refractivity (Wildman–Crippen MR) is 88.7 cm³/mol. The molecule has 5 nitrogen and oxygen atoms in total. The van der Waals surface area contributed by atoms with Gasteiger partial charge in [0.15, 0.2) is 5.16 Å². The third kappa shape index (κ3) is 4.04. The number of aromatic nitrogens is 2. The number of benzene rings is 1. The molecule has 1 aromatic carbocycles. The number of hydrogen-bond donors (Lipinski definition) is 1. The van der Waals surface area contributed by atoms with Crippen molar-refractivity contribution < 1.29 is 9.53 Å². The summed E-state index contributed by atoms with van der Waals surface area (Å²) in [6.07, 6.45) is 3.61. The highest BCUT2D eigenvalue weighted by Gasteiger charge is 2.18. The van der Waals surface area contributed by atoms with Gasteiger partial charge in [-0.05, 0) is 32.9 Å². The molecule has 2 rings (SSSR count). The number of methoxy groups -OCH3 is 1. The summed E-state index contributed by atoms with van der Waals surface area (Å²) in [5.74, 6) is 0.799. The molecule has 1 aromatic heterocycles. The van der Waals surface area contributed by atoms with E-state index >= 15 is 0 Å². The van der Waals surface area contributed by atoms with E-state index in [0.717, 1.165) is 16.6 Å². The maximum absolute atomic E-state index is 12.0. The van der Waals surface area contributed by atoms with Crippen LogP contribution in [0.2, 0.25) is 0 Å². The van der Waals surface area contributed by atoms with E-state index in [-0.39, 0.29) is 17.2 Å². The summed E-state index contributed by atoms with van der Waals surface area (Å²) >= 11 is 1.43. The zero-order valence-electron chi connectivity index (χ0n) is 13.2. The Balaban J connectivity index is 2.17. The Hall–Kier alpha value is -1.95. The van der Waals surface area contributed by atoms with Gasteiger partial charge in [-0.25, -0.2) is 4.98 Å². The van der Waals surface area contributed by atoms with Gasteiger partial charge in [0.05, 0.1) is 18.0 Å². The summed E-state index contributed by atoms with van der Waals surface area (Å²) in [5.41, 5.74) is 0.954. The molecule has 118 valence electrons. The lowest BCUT2D eigenvalue weighted by atomic mass is 10.3. The largest absolute Gasteiger partial charge is 0.497 e. The van der Waals surface area contributed by atoms with E-state index in [1.807, 2.05) is 55.8 Å². The van der Waals surface area contributed by atoms with Crippen LogP contribution in [0.15, 0.2) is 41.8 Å². The number of imidazole rings is 1. The molecule has 1 N–H and O–H groups in total. The Morgan fingerprint density at radius 2 is 2.14 bits per heavy atom. The summed E-state index contributed by atoms with van der Waals surface area (Å²) in [7, 11) is 1.64. The highest BCUT2D eigenvalue weighted by Crippen LogP contribution is 2.26. The molecule has 0 bridgehead atoms. The molecule has 1 unspecified atom stereocenters. The average Bonchev–Trinajstić information content (AvgIpc) is 2.94. The molecule has 0 radical (unpaired) electrons. The lowest BCUT2D eigenvalue weighted by molar-refractivity contribution is -0.120. The molecule has 0 saturated heterocycles. The van der Waals surface area contributed by atoms with Crippen molar-refractivity contribution in [1.29, 1.82) is 0 Å². The van der Waals surface area contributed by atoms with E-state index < -0.39 is 0 Å². The van der Waals surface area contributed by atoms with E-state index in [1.54, 1.807) is 13.3 Å². The van der Waals surface area contributed by atoms with Crippen LogP contribution in [0, 0.1) is 0 Å². The molecule has 1 amide bonds. The van der Waals surface area contributed by atoms with Crippen molar-refractivity contribution in [3.63, 3.8) is 0 Å². The predicted octanol–water partition coefficient (Wildman–Crippen LogP) is 2.89. The van der Waals surface area contributed by atoms with Crippen LogP contribution < -0.4 is 10.1 Å². The first-order valence-corrected chi connectivity index (χ1v) is 8.04. The molecule has 0 aliphatic heterocycles. The molecule has 0 spiro atoms. The summed E-state index contributed by atoms with van der Waals surface area (Å²) < 4.78 is 7.20. The van der Waals surface area contributed by atoms with Crippen LogP contribution in [-0.2, 0) is 4.79 Å². The lowest BCUT2D eigenvalue weighted by Crippen LogP contribution is -2.36. The first-order chi connectivity index (χ1) is 10.5. The molecule has 0 aliphatic carbocycles. The second-order valence-corrected chi connectivity index (χ2v) is 6.51. The molecule has 1 atom stereocenters. The minimum atomic E-state index is -0.214. The van der Waals surface area contributed by atoms with Crippen LogP contribution in [0.3, 0.4) is 0 Å². The number of hydrogen-bond acceptors (Lipinski definition) is 4. The number of amides is 1. The second kappa shape index (κ2) is 7.35. The number of ether oxygens (including phenoxy) is 1. The Morgan fingerprint density at radius 1 is 1.36 bits per heavy atom. The molecule has 0 saturated carbocycles. The minimum absolute atomic E-state index is 0.0141. The van der Waals surface area contributed by atoms with Crippen molar-refractivity contribution >= 4 is 17.7 Å². The van der Waals surface area contributed by atoms with E-state index in [1.165, 1.54) is 11.8 Å². The zero-order valence-corrected chi connectivity index (χ0v) is 14.1. The fourth-order valence-corrected chi connectivity index (χ4v) is 2.84. The van der Waals surface area contributed by atoms with E-state index in [0.29, 0.717) is 0 Å². The Labute approximate surface area is 135 Å². The zero-order chi connectivity index (χ0) is 16.1. The number of carbonyl (C=O) groups is 1. The minimum Gasteiger partial charge on any atom is -0.497 e. The van der Waals surface area contributed by atoms with Crippen molar-refractivity contribution in [2.24, 2.45) is 0 Å². The number of nitrogens with one attached hydrogen (secondary N) is 1. The van der Waals surface area contributed by atoms with Crippen LogP contribution in [0.5, 0.6) is 5.75 Å². The van der Waals surface area contributed by atoms with Crippen molar-refractivity contribution in [2.75, 3.05) is 7.11 Å². The molecule has 0 aliphatic rings. The Bertz CT molecular complexity index is 640. The fourth-order valence-electron chi connectivity index (χ4n) is 1.95. The summed E-state index contributed by atoms with van der Waals surface area (Å²) in [4.78, 5) is 16.4. The van der Waals surface area contributed by atoms with Gasteiger partial charge < -0.3 is 10.1 Å². The third-order valence-electron chi connectivity index (χ3n) is 3.02. The first kappa shape index (κ1) is 16.4. The van der Waals surface area contributed by atoms with Gasteiger partial charge in [-0.1, -0.05) is 17.8 Å². The lowest BCUT2D eigenvalue weighted by Gasteiger charge is -2.15. The average molecular weight is 319 g/mol. The standard InChI is InChI=1S/C16H21N3O2S/c1-11(2)18-15(20)12(3)22-16-17-8-9-19(16)13-6-5-7-14(10-13)21-4/h5-12H,1-4H3,(H,18,20). The highest BCUT2D eigenvalue weighted by atomic mass is 32.2. The monoisotopic (exact) mass is 319 g/mol. The van der Waals surface area contributed by atoms with Crippen LogP contribution >= 0.6 is 11.8 Å². The number of rotatable bonds is 6. The van der Waals surface area contributed by atoms with Gasteiger partial charge in [0, 0.05) is 24.5 Å². The van der Waals surface area contributed by atoms with Gasteiger partial charge in [-0.3, -0.25) is 9.36 Å². The molecular formula is C16H21N3O2S. The number of carbonyl (C=O) groups excluding carboxylic acids is 1. The van der Waals surface area contributed by atoms with Crippen molar-refractivity contribution in [3.05, 3.63) is 36.7 Å². The topological polar surface area (TPSA) is 56.2 Å². The van der Waals surface area contributed by atoms with Crippen molar-refractivity contribution in [1.82, 2.24) is 14.9 Å². The molecule has 0 fully saturated rings. The summed E-state index contributed by atoms with van der Waals surface area (Å²) in [6.45, 7) is 5.78. The van der Waals surface area contributed by atoms with Gasteiger partial charge in [0.2, 0.25) is 5.91 Å². The Kier molecular flexibility index (Phi) is 5.49. The van der Waals surface area contributed by atoms with Crippen LogP contribution in [0.25, 0.3) is 5.69 Å². The van der Waals surface area contributed by atoms with E-state index in [2.05, 4.69) is 10.3 Å². The highest BCUT2D eigenvalue weighted by molar-refractivity contribution is 8.00. The van der Waals surface area contributed by atoms with Gasteiger partial charge in [-0.2, -0.15) is 0 Å². The van der Waals surface area contributed by atoms with E-state index in [9.17, 15) is 4.79 Å². The van der Waals surface area contributed by atoms with Crippen LogP contribution in [0.1, 0.15) is 20.8 Å². The van der Waals surface area contributed by atoms with Gasteiger partial charge in [0.1, 0.15) is 5.75 Å². The number of nitrogens with zero attached hydrogens (tertiary/aromatic N) is 2.